The summed E-state index contributed by atoms with van der Waals surface area (Å²) in [5.41, 5.74) is 0. The number of nitrogens with one attached hydrogen (secondary N) is 2. The summed E-state index contributed by atoms with van der Waals surface area (Å²) in [4.78, 5) is 22.2. The van der Waals surface area contributed by atoms with E-state index >= 15 is 0 Å². The van der Waals surface area contributed by atoms with E-state index in [0.717, 1.165) is 12.2 Å². The smallest absolute Gasteiger partial charge is 0.328 e. The van der Waals surface area contributed by atoms with Crippen LogP contribution in [0, 0.1) is 0 Å². The van der Waals surface area contributed by atoms with Gasteiger partial charge in [-0.25, -0.2) is 9.59 Å². The van der Waals surface area contributed by atoms with E-state index in [1.807, 2.05) is 11.8 Å². The first-order chi connectivity index (χ1) is 8.13. The minimum Gasteiger partial charge on any atom is -0.480 e. The Hall–Kier alpha value is -0.950. The lowest BCUT2D eigenvalue weighted by atomic mass is 10.2. The molecule has 2 atom stereocenters. The Kier molecular flexibility index (Phi) is 6.13. The van der Waals surface area contributed by atoms with Gasteiger partial charge in [0, 0.05) is 18.9 Å². The van der Waals surface area contributed by atoms with Crippen molar-refractivity contribution in [3.63, 3.8) is 0 Å². The zero-order valence-corrected chi connectivity index (χ0v) is 10.6. The molecule has 6 nitrogen and oxygen atoms in total. The second-order valence-electron chi connectivity index (χ2n) is 3.84. The third-order valence-corrected chi connectivity index (χ3v) is 3.85. The molecule has 98 valence electrons. The Morgan fingerprint density at radius 1 is 1.59 bits per heavy atom. The molecule has 2 unspecified atom stereocenters. The quantitative estimate of drug-likeness (QED) is 0.640. The van der Waals surface area contributed by atoms with Gasteiger partial charge in [-0.1, -0.05) is 0 Å². The van der Waals surface area contributed by atoms with Gasteiger partial charge in [-0.2, -0.15) is 11.8 Å². The molecule has 17 heavy (non-hydrogen) atoms. The van der Waals surface area contributed by atoms with Crippen molar-refractivity contribution >= 4 is 23.8 Å². The summed E-state index contributed by atoms with van der Waals surface area (Å²) in [5, 5.41) is 14.3. The molecule has 1 rings (SSSR count). The van der Waals surface area contributed by atoms with Gasteiger partial charge in [0.25, 0.3) is 0 Å². The van der Waals surface area contributed by atoms with Crippen LogP contribution in [0.4, 0.5) is 4.79 Å². The Morgan fingerprint density at radius 2 is 2.35 bits per heavy atom. The number of urea groups is 1. The van der Waals surface area contributed by atoms with Crippen molar-refractivity contribution in [2.45, 2.75) is 24.1 Å². The van der Waals surface area contributed by atoms with Crippen molar-refractivity contribution in [2.24, 2.45) is 0 Å². The van der Waals surface area contributed by atoms with Crippen LogP contribution in [-0.2, 0) is 9.53 Å². The number of carbonyl (C=O) groups is 2. The summed E-state index contributed by atoms with van der Waals surface area (Å²) in [5.74, 6) is 0.0345. The molecule has 0 aromatic heterocycles. The van der Waals surface area contributed by atoms with Crippen LogP contribution in [0.3, 0.4) is 0 Å². The molecule has 7 heteroatoms. The molecule has 0 aromatic carbocycles. The molecule has 0 bridgehead atoms. The second-order valence-corrected chi connectivity index (χ2v) is 5.24. The maximum atomic E-state index is 11.4. The van der Waals surface area contributed by atoms with E-state index in [-0.39, 0.29) is 6.61 Å². The maximum Gasteiger partial charge on any atom is 0.328 e. The lowest BCUT2D eigenvalue weighted by Crippen LogP contribution is -2.49. The Labute approximate surface area is 104 Å². The van der Waals surface area contributed by atoms with Crippen LogP contribution < -0.4 is 10.6 Å². The predicted molar refractivity (Wildman–Crippen MR) is 65.3 cm³/mol. The van der Waals surface area contributed by atoms with Crippen molar-refractivity contribution in [2.75, 3.05) is 26.0 Å². The van der Waals surface area contributed by atoms with Gasteiger partial charge >= 0.3 is 12.0 Å². The van der Waals surface area contributed by atoms with Crippen LogP contribution in [-0.4, -0.2) is 54.4 Å². The lowest BCUT2D eigenvalue weighted by molar-refractivity contribution is -0.140. The minimum atomic E-state index is -1.10. The van der Waals surface area contributed by atoms with Crippen LogP contribution in [0.2, 0.25) is 0 Å². The van der Waals surface area contributed by atoms with Crippen molar-refractivity contribution < 1.29 is 19.4 Å². The number of thioether (sulfide) groups is 1. The molecule has 0 spiro atoms. The highest BCUT2D eigenvalue weighted by Gasteiger charge is 2.21. The van der Waals surface area contributed by atoms with E-state index in [4.69, 9.17) is 9.84 Å². The molecule has 0 radical (unpaired) electrons. The fraction of sp³-hybridized carbons (Fsp3) is 0.800. The molecular weight excluding hydrogens is 244 g/mol. The zero-order chi connectivity index (χ0) is 12.7. The Bertz CT molecular complexity index is 269. The first kappa shape index (κ1) is 14.1. The molecule has 3 N–H and O–H groups in total. The number of hydrogen-bond acceptors (Lipinski definition) is 4. The minimum absolute atomic E-state index is 0.0407. The van der Waals surface area contributed by atoms with Crippen LogP contribution in [0.5, 0.6) is 0 Å². The highest BCUT2D eigenvalue weighted by molar-refractivity contribution is 8.00. The van der Waals surface area contributed by atoms with E-state index in [2.05, 4.69) is 10.6 Å². The number of methoxy groups -OCH3 is 1. The van der Waals surface area contributed by atoms with Gasteiger partial charge < -0.3 is 20.5 Å². The van der Waals surface area contributed by atoms with Gasteiger partial charge in [0.05, 0.1) is 6.61 Å². The van der Waals surface area contributed by atoms with Crippen molar-refractivity contribution in [3.8, 4) is 0 Å². The van der Waals surface area contributed by atoms with Crippen LogP contribution in [0.25, 0.3) is 0 Å². The molecule has 2 amide bonds. The van der Waals surface area contributed by atoms with Crippen LogP contribution in [0.15, 0.2) is 0 Å². The highest BCUT2D eigenvalue weighted by atomic mass is 32.2. The normalized spacial score (nSPS) is 20.9. The highest BCUT2D eigenvalue weighted by Crippen LogP contribution is 2.25. The van der Waals surface area contributed by atoms with E-state index < -0.39 is 18.0 Å². The van der Waals surface area contributed by atoms with Gasteiger partial charge in [0.15, 0.2) is 6.04 Å². The Morgan fingerprint density at radius 3 is 2.88 bits per heavy atom. The number of carboxylic acids is 1. The molecule has 0 saturated carbocycles. The summed E-state index contributed by atoms with van der Waals surface area (Å²) in [6, 6.07) is -1.46. The fourth-order valence-electron chi connectivity index (χ4n) is 1.56. The first-order valence-corrected chi connectivity index (χ1v) is 6.56. The number of aliphatic carboxylic acids is 1. The molecule has 0 aromatic rings. The van der Waals surface area contributed by atoms with Crippen LogP contribution in [0.1, 0.15) is 12.8 Å². The first-order valence-electron chi connectivity index (χ1n) is 5.51. The lowest BCUT2D eigenvalue weighted by Gasteiger charge is -2.15. The number of carbonyl (C=O) groups excluding carboxylic acids is 1. The summed E-state index contributed by atoms with van der Waals surface area (Å²) in [7, 11) is 1.39. The van der Waals surface area contributed by atoms with Gasteiger partial charge in [-0.3, -0.25) is 0 Å². The average Bonchev–Trinajstić information content (AvgIpc) is 2.78. The standard InChI is InChI=1S/C10H18N2O4S/c1-16-6-8(9(13)14)12-10(15)11-5-7-3-2-4-17-7/h7-8H,2-6H2,1H3,(H,13,14)(H2,11,12,15). The summed E-state index contributed by atoms with van der Waals surface area (Å²) < 4.78 is 4.72. The topological polar surface area (TPSA) is 87.7 Å². The number of ether oxygens (including phenoxy) is 1. The van der Waals surface area contributed by atoms with Crippen molar-refractivity contribution in [1.29, 1.82) is 0 Å². The van der Waals surface area contributed by atoms with E-state index in [1.54, 1.807) is 0 Å². The third kappa shape index (κ3) is 5.27. The van der Waals surface area contributed by atoms with Gasteiger partial charge in [0.1, 0.15) is 0 Å². The third-order valence-electron chi connectivity index (χ3n) is 2.45. The van der Waals surface area contributed by atoms with E-state index in [0.29, 0.717) is 11.8 Å². The largest absolute Gasteiger partial charge is 0.480 e. The van der Waals surface area contributed by atoms with Crippen LogP contribution >= 0.6 is 11.8 Å². The molecule has 1 aliphatic rings. The van der Waals surface area contributed by atoms with Gasteiger partial charge in [-0.15, -0.1) is 0 Å². The van der Waals surface area contributed by atoms with Crippen molar-refractivity contribution in [3.05, 3.63) is 0 Å². The van der Waals surface area contributed by atoms with E-state index in [9.17, 15) is 9.59 Å². The number of hydrogen-bond donors (Lipinski definition) is 3. The zero-order valence-electron chi connectivity index (χ0n) is 9.77. The maximum absolute atomic E-state index is 11.4. The number of amides is 2. The summed E-state index contributed by atoms with van der Waals surface area (Å²) >= 11 is 1.84. The number of carboxylic acid groups (broad SMARTS) is 1. The fourth-order valence-corrected chi connectivity index (χ4v) is 2.76. The number of rotatable bonds is 6. The SMILES string of the molecule is COCC(NC(=O)NCC1CCCS1)C(=O)O. The monoisotopic (exact) mass is 262 g/mol. The molecule has 1 heterocycles. The molecule has 1 fully saturated rings. The van der Waals surface area contributed by atoms with Crippen molar-refractivity contribution in [1.82, 2.24) is 10.6 Å². The average molecular weight is 262 g/mol. The Balaban J connectivity index is 2.23. The van der Waals surface area contributed by atoms with Gasteiger partial charge in [0.2, 0.25) is 0 Å². The summed E-state index contributed by atoms with van der Waals surface area (Å²) in [6.07, 6.45) is 2.28. The molecule has 0 aliphatic carbocycles. The van der Waals surface area contributed by atoms with Gasteiger partial charge in [-0.05, 0) is 18.6 Å². The molecular formula is C10H18N2O4S. The van der Waals surface area contributed by atoms with E-state index in [1.165, 1.54) is 13.5 Å². The second kappa shape index (κ2) is 7.39. The molecule has 1 saturated heterocycles. The molecule has 1 aliphatic heterocycles. The summed E-state index contributed by atoms with van der Waals surface area (Å²) in [6.45, 7) is 0.538. The predicted octanol–water partition coefficient (Wildman–Crippen LogP) is 0.281.